The lowest BCUT2D eigenvalue weighted by Gasteiger charge is -2.20. The zero-order valence-corrected chi connectivity index (χ0v) is 14.5. The summed E-state index contributed by atoms with van der Waals surface area (Å²) in [6.45, 7) is 4.72. The molecular formula is C14H19ClN2O5S. The molecule has 0 bridgehead atoms. The molecule has 3 N–H and O–H groups in total. The molecule has 1 aromatic carbocycles. The zero-order chi connectivity index (χ0) is 17.8. The van der Waals surface area contributed by atoms with Crippen molar-refractivity contribution in [2.24, 2.45) is 5.92 Å². The number of carbonyl (C=O) groups excluding carboxylic acids is 1. The van der Waals surface area contributed by atoms with Gasteiger partial charge < -0.3 is 10.4 Å². The maximum Gasteiger partial charge on any atom is 0.322 e. The third kappa shape index (κ3) is 5.19. The Morgan fingerprint density at radius 3 is 2.39 bits per heavy atom. The van der Waals surface area contributed by atoms with E-state index in [1.807, 2.05) is 0 Å². The van der Waals surface area contributed by atoms with Gasteiger partial charge in [0.1, 0.15) is 6.04 Å². The lowest BCUT2D eigenvalue weighted by molar-refractivity contribution is -0.140. The maximum atomic E-state index is 12.3. The summed E-state index contributed by atoms with van der Waals surface area (Å²) >= 11 is 5.95. The summed E-state index contributed by atoms with van der Waals surface area (Å²) < 4.78 is 26.8. The third-order valence-corrected chi connectivity index (χ3v) is 5.07. The molecule has 0 fully saturated rings. The van der Waals surface area contributed by atoms with Crippen LogP contribution in [0.3, 0.4) is 0 Å². The standard InChI is InChI=1S/C14H19ClN2O5S/c1-4-8(2)13(14(19)20)17-23(21,22)10-5-6-12(11(15)7-10)16-9(3)18/h5-8,13,17H,4H2,1-3H3,(H,16,18)(H,19,20)/t8-,13-/m0/s1. The minimum Gasteiger partial charge on any atom is -0.480 e. The van der Waals surface area contributed by atoms with Crippen LogP contribution < -0.4 is 10.0 Å². The Morgan fingerprint density at radius 2 is 1.96 bits per heavy atom. The van der Waals surface area contributed by atoms with Gasteiger partial charge in [0.05, 0.1) is 15.6 Å². The number of hydrogen-bond acceptors (Lipinski definition) is 4. The number of hydrogen-bond donors (Lipinski definition) is 3. The molecule has 1 rings (SSSR count). The Bertz CT molecular complexity index is 705. The van der Waals surface area contributed by atoms with Crippen LogP contribution in [0.5, 0.6) is 0 Å². The van der Waals surface area contributed by atoms with Gasteiger partial charge in [-0.15, -0.1) is 0 Å². The fourth-order valence-corrected chi connectivity index (χ4v) is 3.45. The number of carboxylic acid groups (broad SMARTS) is 1. The van der Waals surface area contributed by atoms with Gasteiger partial charge in [-0.1, -0.05) is 31.9 Å². The van der Waals surface area contributed by atoms with E-state index in [4.69, 9.17) is 11.6 Å². The Labute approximate surface area is 140 Å². The molecule has 1 aromatic rings. The summed E-state index contributed by atoms with van der Waals surface area (Å²) in [4.78, 5) is 22.1. The highest BCUT2D eigenvalue weighted by molar-refractivity contribution is 7.89. The van der Waals surface area contributed by atoms with Gasteiger partial charge in [0.25, 0.3) is 0 Å². The van der Waals surface area contributed by atoms with Crippen LogP contribution in [0, 0.1) is 5.92 Å². The average Bonchev–Trinajstić information content (AvgIpc) is 2.45. The molecule has 0 saturated heterocycles. The first-order valence-electron chi connectivity index (χ1n) is 6.90. The fraction of sp³-hybridized carbons (Fsp3) is 0.429. The molecule has 7 nitrogen and oxygen atoms in total. The summed E-state index contributed by atoms with van der Waals surface area (Å²) in [5.74, 6) is -1.97. The van der Waals surface area contributed by atoms with Crippen LogP contribution in [0.25, 0.3) is 0 Å². The van der Waals surface area contributed by atoms with Crippen molar-refractivity contribution in [2.75, 3.05) is 5.32 Å². The highest BCUT2D eigenvalue weighted by atomic mass is 35.5. The van der Waals surface area contributed by atoms with Crippen LogP contribution in [0.2, 0.25) is 5.02 Å². The highest BCUT2D eigenvalue weighted by Crippen LogP contribution is 2.25. The van der Waals surface area contributed by atoms with Crippen LogP contribution in [-0.2, 0) is 19.6 Å². The van der Waals surface area contributed by atoms with E-state index >= 15 is 0 Å². The van der Waals surface area contributed by atoms with E-state index in [1.54, 1.807) is 13.8 Å². The van der Waals surface area contributed by atoms with E-state index in [-0.39, 0.29) is 27.4 Å². The second kappa shape index (κ2) is 7.76. The van der Waals surface area contributed by atoms with Crippen molar-refractivity contribution in [1.29, 1.82) is 0 Å². The van der Waals surface area contributed by atoms with Gasteiger partial charge in [-0.3, -0.25) is 9.59 Å². The van der Waals surface area contributed by atoms with Gasteiger partial charge in [-0.25, -0.2) is 8.42 Å². The van der Waals surface area contributed by atoms with E-state index in [9.17, 15) is 23.1 Å². The number of aliphatic carboxylic acids is 1. The summed E-state index contributed by atoms with van der Waals surface area (Å²) in [7, 11) is -4.06. The lowest BCUT2D eigenvalue weighted by Crippen LogP contribution is -2.44. The molecule has 128 valence electrons. The SMILES string of the molecule is CC[C@H](C)[C@H](NS(=O)(=O)c1ccc(NC(C)=O)c(Cl)c1)C(=O)O. The highest BCUT2D eigenvalue weighted by Gasteiger charge is 2.29. The molecule has 0 spiro atoms. The molecule has 9 heteroatoms. The minimum atomic E-state index is -4.06. The minimum absolute atomic E-state index is 0.0403. The summed E-state index contributed by atoms with van der Waals surface area (Å²) in [5, 5.41) is 11.7. The van der Waals surface area contributed by atoms with Crippen molar-refractivity contribution >= 4 is 39.2 Å². The number of carboxylic acids is 1. The number of sulfonamides is 1. The van der Waals surface area contributed by atoms with Crippen LogP contribution >= 0.6 is 11.6 Å². The lowest BCUT2D eigenvalue weighted by atomic mass is 10.0. The molecule has 0 radical (unpaired) electrons. The molecule has 0 aliphatic heterocycles. The van der Waals surface area contributed by atoms with Crippen LogP contribution in [0.15, 0.2) is 23.1 Å². The van der Waals surface area contributed by atoms with Crippen LogP contribution in [0.1, 0.15) is 27.2 Å². The Hall–Kier alpha value is -1.64. The smallest absolute Gasteiger partial charge is 0.322 e. The molecule has 0 aromatic heterocycles. The number of benzene rings is 1. The van der Waals surface area contributed by atoms with Gasteiger partial charge in [0.2, 0.25) is 15.9 Å². The predicted octanol–water partition coefficient (Wildman–Crippen LogP) is 2.08. The van der Waals surface area contributed by atoms with Crippen molar-refractivity contribution in [3.63, 3.8) is 0 Å². The molecule has 0 aliphatic carbocycles. The normalized spacial score (nSPS) is 14.1. The first kappa shape index (κ1) is 19.4. The first-order valence-corrected chi connectivity index (χ1v) is 8.76. The van der Waals surface area contributed by atoms with E-state index < -0.39 is 22.0 Å². The molecule has 2 atom stereocenters. The van der Waals surface area contributed by atoms with Gasteiger partial charge >= 0.3 is 5.97 Å². The molecule has 0 aliphatic rings. The number of anilines is 1. The first-order chi connectivity index (χ1) is 10.6. The Balaban J connectivity index is 3.11. The van der Waals surface area contributed by atoms with Gasteiger partial charge in [0.15, 0.2) is 0 Å². The van der Waals surface area contributed by atoms with Crippen LogP contribution in [-0.4, -0.2) is 31.4 Å². The maximum absolute atomic E-state index is 12.3. The molecular weight excluding hydrogens is 344 g/mol. The second-order valence-electron chi connectivity index (χ2n) is 5.15. The number of amides is 1. The number of halogens is 1. The second-order valence-corrected chi connectivity index (χ2v) is 7.27. The van der Waals surface area contributed by atoms with Gasteiger partial charge in [0, 0.05) is 6.92 Å². The summed E-state index contributed by atoms with van der Waals surface area (Å²) in [6, 6.07) is 2.51. The quantitative estimate of drug-likeness (QED) is 0.687. The zero-order valence-electron chi connectivity index (χ0n) is 13.0. The number of rotatable bonds is 7. The van der Waals surface area contributed by atoms with Crippen LogP contribution in [0.4, 0.5) is 5.69 Å². The third-order valence-electron chi connectivity index (χ3n) is 3.32. The van der Waals surface area contributed by atoms with E-state index in [2.05, 4.69) is 10.0 Å². The summed E-state index contributed by atoms with van der Waals surface area (Å²) in [5.41, 5.74) is 0.273. The monoisotopic (exact) mass is 362 g/mol. The molecule has 0 unspecified atom stereocenters. The van der Waals surface area contributed by atoms with E-state index in [0.29, 0.717) is 6.42 Å². The average molecular weight is 363 g/mol. The topological polar surface area (TPSA) is 113 Å². The van der Waals surface area contributed by atoms with Crippen molar-refractivity contribution in [3.05, 3.63) is 23.2 Å². The van der Waals surface area contributed by atoms with Crippen molar-refractivity contribution < 1.29 is 23.1 Å². The molecule has 0 saturated carbocycles. The summed E-state index contributed by atoms with van der Waals surface area (Å²) in [6.07, 6.45) is 0.502. The number of carbonyl (C=O) groups is 2. The Kier molecular flexibility index (Phi) is 6.55. The van der Waals surface area contributed by atoms with Crippen molar-refractivity contribution in [1.82, 2.24) is 4.72 Å². The van der Waals surface area contributed by atoms with Crippen molar-refractivity contribution in [3.8, 4) is 0 Å². The molecule has 0 heterocycles. The van der Waals surface area contributed by atoms with E-state index in [1.165, 1.54) is 19.1 Å². The van der Waals surface area contributed by atoms with E-state index in [0.717, 1.165) is 6.07 Å². The fourth-order valence-electron chi connectivity index (χ4n) is 1.83. The molecule has 23 heavy (non-hydrogen) atoms. The largest absolute Gasteiger partial charge is 0.480 e. The predicted molar refractivity (Wildman–Crippen MR) is 87.0 cm³/mol. The number of nitrogens with one attached hydrogen (secondary N) is 2. The van der Waals surface area contributed by atoms with Gasteiger partial charge in [-0.05, 0) is 24.1 Å². The molecule has 1 amide bonds. The van der Waals surface area contributed by atoms with Gasteiger partial charge in [-0.2, -0.15) is 4.72 Å². The Morgan fingerprint density at radius 1 is 1.35 bits per heavy atom. The van der Waals surface area contributed by atoms with Crippen molar-refractivity contribution in [2.45, 2.75) is 38.1 Å².